The third-order valence-electron chi connectivity index (χ3n) is 10.1. The Hall–Kier alpha value is -2.85. The summed E-state index contributed by atoms with van der Waals surface area (Å²) in [7, 11) is -1.82. The molecule has 1 saturated heterocycles. The fourth-order valence-corrected chi connectivity index (χ4v) is 7.07. The summed E-state index contributed by atoms with van der Waals surface area (Å²) in [5.74, 6) is 0.219. The van der Waals surface area contributed by atoms with Crippen LogP contribution in [0, 0.1) is 0 Å². The highest BCUT2D eigenvalue weighted by atomic mass is 28.4. The van der Waals surface area contributed by atoms with E-state index in [2.05, 4.69) is 51.3 Å². The van der Waals surface area contributed by atoms with Crippen LogP contribution in [0.5, 0.6) is 0 Å². The van der Waals surface area contributed by atoms with E-state index in [1.54, 1.807) is 0 Å². The molecule has 52 heavy (non-hydrogen) atoms. The third kappa shape index (κ3) is 19.3. The molecule has 1 aromatic rings. The number of ether oxygens (including phenoxy) is 2. The zero-order chi connectivity index (χ0) is 38.5. The first-order valence-corrected chi connectivity index (χ1v) is 23.0. The van der Waals surface area contributed by atoms with Gasteiger partial charge in [0.05, 0.1) is 0 Å². The molecule has 1 heterocycles. The van der Waals surface area contributed by atoms with Gasteiger partial charge in [-0.1, -0.05) is 82.5 Å². The van der Waals surface area contributed by atoms with Crippen LogP contribution in [0.2, 0.25) is 18.1 Å². The summed E-state index contributed by atoms with van der Waals surface area (Å²) in [5, 5.41) is 2.99. The van der Waals surface area contributed by atoms with Gasteiger partial charge in [-0.2, -0.15) is 0 Å². The molecule has 1 fully saturated rings. The largest absolute Gasteiger partial charge is 0.445 e. The van der Waals surface area contributed by atoms with Gasteiger partial charge in [-0.3, -0.25) is 4.79 Å². The van der Waals surface area contributed by atoms with Crippen LogP contribution in [-0.2, 0) is 25.3 Å². The van der Waals surface area contributed by atoms with Crippen LogP contribution in [0.15, 0.2) is 42.5 Å². The van der Waals surface area contributed by atoms with Crippen LogP contribution < -0.4 is 5.32 Å². The highest BCUT2D eigenvalue weighted by Crippen LogP contribution is 2.36. The van der Waals surface area contributed by atoms with Gasteiger partial charge < -0.3 is 29.0 Å². The maximum absolute atomic E-state index is 13.3. The lowest BCUT2D eigenvalue weighted by atomic mass is 9.99. The molecule has 0 spiro atoms. The van der Waals surface area contributed by atoms with E-state index in [9.17, 15) is 14.4 Å². The number of nitrogens with one attached hydrogen (secondary N) is 1. The minimum atomic E-state index is -1.82. The normalized spacial score (nSPS) is 15.5. The van der Waals surface area contributed by atoms with Gasteiger partial charge in [-0.05, 0) is 109 Å². The molecular formula is C42H73N3O6Si. The molecule has 1 N–H and O–H groups in total. The number of rotatable bonds is 22. The molecule has 296 valence electrons. The van der Waals surface area contributed by atoms with Crippen molar-refractivity contribution in [3.63, 3.8) is 0 Å². The van der Waals surface area contributed by atoms with Gasteiger partial charge in [-0.15, -0.1) is 0 Å². The van der Waals surface area contributed by atoms with Crippen LogP contribution in [0.25, 0.3) is 0 Å². The summed E-state index contributed by atoms with van der Waals surface area (Å²) >= 11 is 0. The Morgan fingerprint density at radius 2 is 1.58 bits per heavy atom. The second-order valence-electron chi connectivity index (χ2n) is 16.9. The first-order chi connectivity index (χ1) is 24.6. The zero-order valence-electron chi connectivity index (χ0n) is 34.1. The third-order valence-corrected chi connectivity index (χ3v) is 14.7. The molecular weight excluding hydrogens is 671 g/mol. The molecule has 0 bridgehead atoms. The number of nitrogens with zero attached hydrogens (tertiary/aromatic N) is 2. The first kappa shape index (κ1) is 45.3. The van der Waals surface area contributed by atoms with E-state index < -0.39 is 20.0 Å². The summed E-state index contributed by atoms with van der Waals surface area (Å²) in [6.07, 6.45) is 17.4. The number of carbonyl (C=O) groups excluding carboxylic acids is 3. The standard InChI is InChI=1S/C42H73N3O6Si/c1-41(2,3)51-39(47)43-30-21-23-31-44(32-24-34-50-52(7,8)42(4,5)6)38(46)29-19-14-12-10-9-11-13-18-27-37-28-20-22-33-45(37)40(48)49-35-36-25-16-15-17-26-36/h13,15-18,25-26,37H,9-12,14,19-24,27-35H2,1-8H3,(H,43,47)/b18-13-/t37-/m1/s1. The number of likely N-dealkylation sites (tertiary alicyclic amines) is 1. The Morgan fingerprint density at radius 3 is 2.29 bits per heavy atom. The Bertz CT molecular complexity index is 1190. The Morgan fingerprint density at radius 1 is 0.885 bits per heavy atom. The average Bonchev–Trinajstić information content (AvgIpc) is 3.08. The SMILES string of the molecule is CC(C)(C)OC(=O)NCCCCN(CCCO[Si](C)(C)C(C)(C)C)C(=O)CCCCCCC/C=C\C[C@@H]1CCCCN1C(=O)OCc1ccccc1. The minimum absolute atomic E-state index is 0.164. The smallest absolute Gasteiger partial charge is 0.410 e. The van der Waals surface area contributed by atoms with Crippen molar-refractivity contribution in [1.29, 1.82) is 0 Å². The monoisotopic (exact) mass is 744 g/mol. The van der Waals surface area contributed by atoms with Gasteiger partial charge in [0.25, 0.3) is 0 Å². The molecule has 1 aliphatic rings. The lowest BCUT2D eigenvalue weighted by Crippen LogP contribution is -2.43. The number of benzene rings is 1. The van der Waals surface area contributed by atoms with Crippen molar-refractivity contribution in [2.45, 2.75) is 168 Å². The molecule has 1 atom stereocenters. The summed E-state index contributed by atoms with van der Waals surface area (Å²) in [6.45, 7) is 20.5. The predicted octanol–water partition coefficient (Wildman–Crippen LogP) is 10.4. The summed E-state index contributed by atoms with van der Waals surface area (Å²) in [4.78, 5) is 42.0. The summed E-state index contributed by atoms with van der Waals surface area (Å²) < 4.78 is 17.3. The van der Waals surface area contributed by atoms with Crippen molar-refractivity contribution < 1.29 is 28.3 Å². The Balaban J connectivity index is 1.67. The number of unbranched alkanes of at least 4 members (excludes halogenated alkanes) is 6. The Kier molecular flexibility index (Phi) is 20.7. The molecule has 9 nitrogen and oxygen atoms in total. The van der Waals surface area contributed by atoms with Crippen LogP contribution in [-0.4, -0.2) is 80.6 Å². The lowest BCUT2D eigenvalue weighted by Gasteiger charge is -2.36. The van der Waals surface area contributed by atoms with Crippen LogP contribution in [0.1, 0.15) is 137 Å². The van der Waals surface area contributed by atoms with Gasteiger partial charge in [0.1, 0.15) is 12.2 Å². The Labute approximate surface area is 317 Å². The van der Waals surface area contributed by atoms with Crippen molar-refractivity contribution in [2.24, 2.45) is 0 Å². The number of hydrogen-bond donors (Lipinski definition) is 1. The van der Waals surface area contributed by atoms with E-state index in [0.29, 0.717) is 39.3 Å². The van der Waals surface area contributed by atoms with Crippen molar-refractivity contribution in [3.05, 3.63) is 48.0 Å². The van der Waals surface area contributed by atoms with Crippen molar-refractivity contribution in [3.8, 4) is 0 Å². The molecule has 2 rings (SSSR count). The molecule has 0 radical (unpaired) electrons. The highest BCUT2D eigenvalue weighted by molar-refractivity contribution is 6.74. The second-order valence-corrected chi connectivity index (χ2v) is 21.7. The molecule has 0 saturated carbocycles. The van der Waals surface area contributed by atoms with Gasteiger partial charge in [0, 0.05) is 45.2 Å². The van der Waals surface area contributed by atoms with Gasteiger partial charge in [0.2, 0.25) is 5.91 Å². The summed E-state index contributed by atoms with van der Waals surface area (Å²) in [6, 6.07) is 10.1. The van der Waals surface area contributed by atoms with Crippen LogP contribution in [0.4, 0.5) is 9.59 Å². The fraction of sp³-hybridized carbons (Fsp3) is 0.738. The molecule has 1 aliphatic heterocycles. The zero-order valence-corrected chi connectivity index (χ0v) is 35.1. The van der Waals surface area contributed by atoms with E-state index in [1.165, 1.54) is 0 Å². The number of alkyl carbamates (subject to hydrolysis) is 1. The number of hydrogen-bond acceptors (Lipinski definition) is 6. The van der Waals surface area contributed by atoms with Crippen molar-refractivity contribution in [1.82, 2.24) is 15.1 Å². The van der Waals surface area contributed by atoms with Gasteiger partial charge in [-0.25, -0.2) is 9.59 Å². The number of piperidine rings is 1. The molecule has 10 heteroatoms. The lowest BCUT2D eigenvalue weighted by molar-refractivity contribution is -0.131. The van der Waals surface area contributed by atoms with E-state index in [1.807, 2.05) is 60.9 Å². The number of allylic oxidation sites excluding steroid dienone is 1. The van der Waals surface area contributed by atoms with E-state index in [4.69, 9.17) is 13.9 Å². The molecule has 1 aromatic carbocycles. The first-order valence-electron chi connectivity index (χ1n) is 20.1. The van der Waals surface area contributed by atoms with E-state index in [0.717, 1.165) is 95.6 Å². The summed E-state index contributed by atoms with van der Waals surface area (Å²) in [5.41, 5.74) is 0.492. The van der Waals surface area contributed by atoms with E-state index >= 15 is 0 Å². The minimum Gasteiger partial charge on any atom is -0.445 e. The molecule has 3 amide bonds. The van der Waals surface area contributed by atoms with Gasteiger partial charge in [0.15, 0.2) is 8.32 Å². The van der Waals surface area contributed by atoms with Crippen LogP contribution >= 0.6 is 0 Å². The fourth-order valence-electron chi connectivity index (χ4n) is 5.98. The maximum Gasteiger partial charge on any atom is 0.410 e. The predicted molar refractivity (Wildman–Crippen MR) is 215 cm³/mol. The second kappa shape index (κ2) is 23.7. The molecule has 0 aliphatic carbocycles. The number of amides is 3. The van der Waals surface area contributed by atoms with Crippen molar-refractivity contribution in [2.75, 3.05) is 32.8 Å². The molecule has 0 aromatic heterocycles. The topological polar surface area (TPSA) is 97.4 Å². The average molecular weight is 744 g/mol. The van der Waals surface area contributed by atoms with Crippen LogP contribution in [0.3, 0.4) is 0 Å². The molecule has 0 unspecified atom stereocenters. The maximum atomic E-state index is 13.3. The van der Waals surface area contributed by atoms with E-state index in [-0.39, 0.29) is 23.1 Å². The van der Waals surface area contributed by atoms with Crippen molar-refractivity contribution >= 4 is 26.4 Å². The highest BCUT2D eigenvalue weighted by Gasteiger charge is 2.37. The number of carbonyl (C=O) groups is 3. The van der Waals surface area contributed by atoms with Gasteiger partial charge >= 0.3 is 12.2 Å². The quantitative estimate of drug-likeness (QED) is 0.0721.